The Morgan fingerprint density at radius 2 is 1.02 bits per heavy atom. The summed E-state index contributed by atoms with van der Waals surface area (Å²) in [7, 11) is 3.88. The highest BCUT2D eigenvalue weighted by Gasteiger charge is 2.15. The number of aliphatic hydroxyl groups is 2. The molecule has 3 rings (SSSR count). The first-order valence-corrected chi connectivity index (χ1v) is 17.4. The summed E-state index contributed by atoms with van der Waals surface area (Å²) in [6, 6.07) is 13.2. The first-order chi connectivity index (χ1) is 24.1. The average Bonchev–Trinajstić information content (AvgIpc) is 3.06. The molecule has 2 N–H and O–H groups in total. The second-order valence-corrected chi connectivity index (χ2v) is 13.1. The van der Waals surface area contributed by atoms with Crippen molar-refractivity contribution in [3.8, 4) is 0 Å². The third-order valence-corrected chi connectivity index (χ3v) is 8.22. The zero-order valence-electron chi connectivity index (χ0n) is 29.5. The molecule has 14 nitrogen and oxygen atoms in total. The first-order valence-electron chi connectivity index (χ1n) is 16.3. The molecule has 17 heteroatoms. The molecule has 0 aromatic heterocycles. The van der Waals surface area contributed by atoms with Crippen molar-refractivity contribution in [1.29, 1.82) is 0 Å². The van der Waals surface area contributed by atoms with Gasteiger partial charge in [0.15, 0.2) is 0 Å². The topological polar surface area (TPSA) is 180 Å². The molecule has 51 heavy (non-hydrogen) atoms. The Morgan fingerprint density at radius 1 is 0.627 bits per heavy atom. The van der Waals surface area contributed by atoms with Crippen molar-refractivity contribution in [2.45, 2.75) is 46.5 Å². The second-order valence-electron chi connectivity index (χ2n) is 11.9. The molecular formula is C34H47Cl3N6O8. The number of unbranched alkanes of at least 4 members (excludes halogenated alkanes) is 3. The summed E-state index contributed by atoms with van der Waals surface area (Å²) < 4.78 is 0. The van der Waals surface area contributed by atoms with E-state index < -0.39 is 14.8 Å². The van der Waals surface area contributed by atoms with Crippen molar-refractivity contribution in [1.82, 2.24) is 0 Å². The third kappa shape index (κ3) is 15.9. The summed E-state index contributed by atoms with van der Waals surface area (Å²) >= 11 is 18.0. The highest BCUT2D eigenvalue weighted by molar-refractivity contribution is 6.34. The fraction of sp³-hybridized carbons (Fsp3) is 0.471. The number of hydrogen-bond donors (Lipinski definition) is 2. The van der Waals surface area contributed by atoms with Crippen LogP contribution in [0.5, 0.6) is 0 Å². The molecule has 0 saturated carbocycles. The molecule has 0 amide bonds. The van der Waals surface area contributed by atoms with Crippen LogP contribution in [0.25, 0.3) is 0 Å². The van der Waals surface area contributed by atoms with Gasteiger partial charge in [0, 0.05) is 76.7 Å². The smallest absolute Gasteiger partial charge is 0.271 e. The normalized spacial score (nSPS) is 10.4. The molecule has 0 aliphatic carbocycles. The van der Waals surface area contributed by atoms with E-state index in [1.165, 1.54) is 61.7 Å². The minimum atomic E-state index is -0.530. The Balaban J connectivity index is 0.000000383. The van der Waals surface area contributed by atoms with Gasteiger partial charge in [0.25, 0.3) is 17.1 Å². The number of nitro groups is 3. The molecule has 0 aliphatic heterocycles. The Bertz CT molecular complexity index is 1560. The summed E-state index contributed by atoms with van der Waals surface area (Å²) in [5, 5.41) is 50.5. The largest absolute Gasteiger partial charge is 0.395 e. The lowest BCUT2D eigenvalue weighted by Gasteiger charge is -2.23. The van der Waals surface area contributed by atoms with E-state index in [2.05, 4.69) is 20.8 Å². The molecule has 0 atom stereocenters. The van der Waals surface area contributed by atoms with Gasteiger partial charge in [0.1, 0.15) is 0 Å². The maximum atomic E-state index is 10.6. The third-order valence-electron chi connectivity index (χ3n) is 7.32. The van der Waals surface area contributed by atoms with Crippen LogP contribution >= 0.6 is 34.8 Å². The van der Waals surface area contributed by atoms with Gasteiger partial charge in [-0.2, -0.15) is 0 Å². The van der Waals surface area contributed by atoms with Gasteiger partial charge in [-0.3, -0.25) is 30.3 Å². The number of nitro benzene ring substituents is 3. The van der Waals surface area contributed by atoms with Crippen molar-refractivity contribution in [3.05, 3.63) is 100 Å². The van der Waals surface area contributed by atoms with Crippen molar-refractivity contribution in [3.63, 3.8) is 0 Å². The van der Waals surface area contributed by atoms with E-state index in [-0.39, 0.29) is 35.3 Å². The van der Waals surface area contributed by atoms with Crippen LogP contribution in [0.2, 0.25) is 15.1 Å². The van der Waals surface area contributed by atoms with E-state index in [1.807, 2.05) is 23.9 Å². The number of hydrogen-bond acceptors (Lipinski definition) is 11. The average molecular weight is 774 g/mol. The van der Waals surface area contributed by atoms with Crippen LogP contribution in [0.4, 0.5) is 34.1 Å². The molecule has 0 spiro atoms. The van der Waals surface area contributed by atoms with Gasteiger partial charge in [-0.05, 0) is 30.5 Å². The summed E-state index contributed by atoms with van der Waals surface area (Å²) in [5.74, 6) is 0.510. The number of anilines is 3. The molecular weight excluding hydrogens is 727 g/mol. The quantitative estimate of drug-likeness (QED) is 0.0762. The lowest BCUT2D eigenvalue weighted by molar-refractivity contribution is -0.385. The fourth-order valence-corrected chi connectivity index (χ4v) is 5.77. The molecule has 0 saturated heterocycles. The highest BCUT2D eigenvalue weighted by Crippen LogP contribution is 2.31. The fourth-order valence-electron chi connectivity index (χ4n) is 4.84. The van der Waals surface area contributed by atoms with E-state index in [4.69, 9.17) is 45.0 Å². The number of non-ortho nitro benzene ring substituents is 3. The number of rotatable bonds is 17. The molecule has 282 valence electrons. The predicted molar refractivity (Wildman–Crippen MR) is 206 cm³/mol. The zero-order chi connectivity index (χ0) is 38.7. The Kier molecular flexibility index (Phi) is 20.8. The molecule has 3 aromatic carbocycles. The van der Waals surface area contributed by atoms with E-state index in [9.17, 15) is 30.3 Å². The first kappa shape index (κ1) is 45.1. The van der Waals surface area contributed by atoms with Crippen LogP contribution in [0.3, 0.4) is 0 Å². The van der Waals surface area contributed by atoms with Gasteiger partial charge in [0.05, 0.1) is 60.1 Å². The SMILES string of the molecule is CC(C)CN(C)c1ccc([N+](=O)[O-])cc1Cl.CCCCCCN(C)c1ccc([N+](=O)[O-])cc1Cl.O=[N+]([O-])c1ccc(N(CCO)CCO)c(Cl)c1. The van der Waals surface area contributed by atoms with Crippen molar-refractivity contribution >= 4 is 68.9 Å². The molecule has 0 fully saturated rings. The van der Waals surface area contributed by atoms with E-state index >= 15 is 0 Å². The molecule has 0 heterocycles. The summed E-state index contributed by atoms with van der Waals surface area (Å²) in [5.41, 5.74) is 2.18. The van der Waals surface area contributed by atoms with Gasteiger partial charge in [0.2, 0.25) is 0 Å². The van der Waals surface area contributed by atoms with Crippen molar-refractivity contribution < 1.29 is 25.0 Å². The van der Waals surface area contributed by atoms with Crippen LogP contribution in [0.1, 0.15) is 46.5 Å². The number of benzene rings is 3. The van der Waals surface area contributed by atoms with Crippen molar-refractivity contribution in [2.24, 2.45) is 5.92 Å². The van der Waals surface area contributed by atoms with Crippen LogP contribution in [-0.2, 0) is 0 Å². The monoisotopic (exact) mass is 772 g/mol. The minimum Gasteiger partial charge on any atom is -0.395 e. The Labute approximate surface area is 313 Å². The number of nitrogens with zero attached hydrogens (tertiary/aromatic N) is 6. The van der Waals surface area contributed by atoms with Gasteiger partial charge in [-0.25, -0.2) is 0 Å². The predicted octanol–water partition coefficient (Wildman–Crippen LogP) is 8.64. The van der Waals surface area contributed by atoms with Crippen molar-refractivity contribution in [2.75, 3.05) is 68.2 Å². The molecule has 0 radical (unpaired) electrons. The lowest BCUT2D eigenvalue weighted by atomic mass is 10.2. The van der Waals surface area contributed by atoms with Crippen LogP contribution < -0.4 is 14.7 Å². The molecule has 0 bridgehead atoms. The standard InChI is InChI=1S/C13H19ClN2O2.C11H15ClN2O2.C10H13ClN2O4/c1-3-4-5-6-9-15(2)13-8-7-11(16(17)18)10-12(13)14;1-8(2)7-13(3)11-5-4-9(14(15)16)6-10(11)12;11-9-7-8(13(16)17)1-2-10(9)12(3-5-14)4-6-15/h7-8,10H,3-6,9H2,1-2H3;4-6,8H,7H2,1-3H3;1-2,7,14-15H,3-6H2. The second kappa shape index (κ2) is 23.5. The van der Waals surface area contributed by atoms with Gasteiger partial charge < -0.3 is 24.9 Å². The summed E-state index contributed by atoms with van der Waals surface area (Å²) in [6.45, 7) is 8.59. The molecule has 0 unspecified atom stereocenters. The van der Waals surface area contributed by atoms with Gasteiger partial charge in [-0.1, -0.05) is 74.8 Å². The maximum Gasteiger partial charge on any atom is 0.271 e. The van der Waals surface area contributed by atoms with E-state index in [1.54, 1.807) is 17.0 Å². The van der Waals surface area contributed by atoms with Gasteiger partial charge in [-0.15, -0.1) is 0 Å². The Hall–Kier alpha value is -3.95. The molecule has 3 aromatic rings. The Morgan fingerprint density at radius 3 is 1.35 bits per heavy atom. The minimum absolute atomic E-state index is 0.0201. The number of aliphatic hydroxyl groups excluding tert-OH is 2. The van der Waals surface area contributed by atoms with E-state index in [0.29, 0.717) is 34.7 Å². The zero-order valence-corrected chi connectivity index (χ0v) is 31.8. The number of halogens is 3. The summed E-state index contributed by atoms with van der Waals surface area (Å²) in [6.07, 6.45) is 4.76. The van der Waals surface area contributed by atoms with Crippen LogP contribution in [0.15, 0.2) is 54.6 Å². The lowest BCUT2D eigenvalue weighted by Crippen LogP contribution is -2.29. The van der Waals surface area contributed by atoms with E-state index in [0.717, 1.165) is 30.9 Å². The van der Waals surface area contributed by atoms with Crippen LogP contribution in [0, 0.1) is 36.3 Å². The van der Waals surface area contributed by atoms with Crippen LogP contribution in [-0.4, -0.2) is 78.5 Å². The maximum absolute atomic E-state index is 10.6. The molecule has 0 aliphatic rings. The summed E-state index contributed by atoms with van der Waals surface area (Å²) in [4.78, 5) is 36.0. The highest BCUT2D eigenvalue weighted by atomic mass is 35.5. The van der Waals surface area contributed by atoms with Gasteiger partial charge >= 0.3 is 0 Å².